The van der Waals surface area contributed by atoms with Crippen molar-refractivity contribution in [3.63, 3.8) is 0 Å². The number of hydrogen-bond donors (Lipinski definition) is 4. The van der Waals surface area contributed by atoms with E-state index in [9.17, 15) is 32.4 Å². The molecule has 0 aliphatic heterocycles. The molecule has 13 nitrogen and oxygen atoms in total. The second-order valence-corrected chi connectivity index (χ2v) is 15.0. The SMILES string of the molecule is CS(=O)(=O)CC(=O)[C@H](CCCCN)NC(=O)C1CCCC1NCCCCC[C@H](NC(=O)C1CCCC1)C(=O)Cn1cnccc1=O. The summed E-state index contributed by atoms with van der Waals surface area (Å²) < 4.78 is 24.7. The summed E-state index contributed by atoms with van der Waals surface area (Å²) in [4.78, 5) is 67.9. The van der Waals surface area contributed by atoms with E-state index in [1.165, 1.54) is 23.2 Å². The molecule has 14 heteroatoms. The Morgan fingerprint density at radius 2 is 1.59 bits per heavy atom. The fourth-order valence-corrected chi connectivity index (χ4v) is 7.18. The van der Waals surface area contributed by atoms with Gasteiger partial charge in [-0.3, -0.25) is 28.5 Å². The van der Waals surface area contributed by atoms with Crippen LogP contribution in [0.5, 0.6) is 0 Å². The van der Waals surface area contributed by atoms with E-state index < -0.39 is 33.5 Å². The third kappa shape index (κ3) is 12.7. The molecule has 3 rings (SSSR count). The first-order chi connectivity index (χ1) is 22.0. The van der Waals surface area contributed by atoms with Crippen molar-refractivity contribution in [2.45, 2.75) is 115 Å². The van der Waals surface area contributed by atoms with Gasteiger partial charge in [-0.15, -0.1) is 0 Å². The van der Waals surface area contributed by atoms with Gasteiger partial charge >= 0.3 is 0 Å². The number of hydrogen-bond acceptors (Lipinski definition) is 10. The number of carbonyl (C=O) groups excluding carboxylic acids is 4. The summed E-state index contributed by atoms with van der Waals surface area (Å²) in [6.45, 7) is 0.969. The lowest BCUT2D eigenvalue weighted by Crippen LogP contribution is -2.49. The van der Waals surface area contributed by atoms with Gasteiger partial charge in [-0.1, -0.05) is 32.1 Å². The lowest BCUT2D eigenvalue weighted by atomic mass is 9.99. The van der Waals surface area contributed by atoms with E-state index in [0.717, 1.165) is 57.6 Å². The van der Waals surface area contributed by atoms with E-state index in [4.69, 9.17) is 5.73 Å². The molecule has 0 bridgehead atoms. The maximum atomic E-state index is 13.2. The van der Waals surface area contributed by atoms with Crippen LogP contribution in [0.25, 0.3) is 0 Å². The standard InChI is InChI=1S/C32H52N6O7S/c1-46(44,45)21-29(40)27(14-6-7-17-33)37-32(43)24-12-9-15-25(24)35-18-8-2-3-13-26(36-31(42)23-10-4-5-11-23)28(39)20-38-22-34-19-16-30(38)41/h16,19,22-27,35H,2-15,17-18,20-21,33H2,1H3,(H,36,42)(H,37,43)/t24?,25?,26-,27-/m0/s1. The largest absolute Gasteiger partial charge is 0.346 e. The smallest absolute Gasteiger partial charge is 0.253 e. The highest BCUT2D eigenvalue weighted by Gasteiger charge is 2.35. The Kier molecular flexibility index (Phi) is 15.5. The fourth-order valence-electron chi connectivity index (χ4n) is 6.47. The quantitative estimate of drug-likeness (QED) is 0.138. The number of nitrogens with two attached hydrogens (primary N) is 1. The van der Waals surface area contributed by atoms with E-state index in [-0.39, 0.29) is 47.6 Å². The summed E-state index contributed by atoms with van der Waals surface area (Å²) in [5.41, 5.74) is 5.25. The number of carbonyl (C=O) groups is 4. The van der Waals surface area contributed by atoms with Gasteiger partial charge in [-0.25, -0.2) is 13.4 Å². The highest BCUT2D eigenvalue weighted by atomic mass is 32.2. The number of unbranched alkanes of at least 4 members (excludes halogenated alkanes) is 3. The normalized spacial score (nSPS) is 19.9. The Hall–Kier alpha value is -2.97. The van der Waals surface area contributed by atoms with Crippen molar-refractivity contribution in [1.29, 1.82) is 0 Å². The van der Waals surface area contributed by atoms with Crippen molar-refractivity contribution in [3.8, 4) is 0 Å². The number of ketones is 2. The molecule has 0 saturated heterocycles. The minimum absolute atomic E-state index is 0.0486. The molecule has 1 aromatic rings. The van der Waals surface area contributed by atoms with Crippen LogP contribution < -0.4 is 27.2 Å². The molecule has 0 spiro atoms. The number of rotatable bonds is 21. The third-order valence-corrected chi connectivity index (χ3v) is 9.84. The molecule has 0 radical (unpaired) electrons. The Labute approximate surface area is 272 Å². The summed E-state index contributed by atoms with van der Waals surface area (Å²) in [5, 5.41) is 9.28. The molecule has 258 valence electrons. The van der Waals surface area contributed by atoms with Crippen LogP contribution in [0.3, 0.4) is 0 Å². The minimum Gasteiger partial charge on any atom is -0.346 e. The molecule has 4 atom stereocenters. The van der Waals surface area contributed by atoms with E-state index in [2.05, 4.69) is 20.9 Å². The Morgan fingerprint density at radius 1 is 0.913 bits per heavy atom. The van der Waals surface area contributed by atoms with Gasteiger partial charge in [0.1, 0.15) is 5.75 Å². The van der Waals surface area contributed by atoms with E-state index >= 15 is 0 Å². The third-order valence-electron chi connectivity index (χ3n) is 9.03. The highest BCUT2D eigenvalue weighted by Crippen LogP contribution is 2.27. The van der Waals surface area contributed by atoms with Gasteiger partial charge in [0.05, 0.1) is 30.9 Å². The van der Waals surface area contributed by atoms with Gasteiger partial charge in [-0.05, 0) is 70.9 Å². The first-order valence-electron chi connectivity index (χ1n) is 16.8. The van der Waals surface area contributed by atoms with E-state index in [1.807, 2.05) is 0 Å². The van der Waals surface area contributed by atoms with Crippen LogP contribution in [0.15, 0.2) is 23.4 Å². The summed E-state index contributed by atoms with van der Waals surface area (Å²) in [6.07, 6.45) is 14.2. The summed E-state index contributed by atoms with van der Waals surface area (Å²) in [6, 6.07) is -0.283. The average Bonchev–Trinajstić information content (AvgIpc) is 3.71. The lowest BCUT2D eigenvalue weighted by Gasteiger charge is -2.24. The maximum Gasteiger partial charge on any atom is 0.253 e. The van der Waals surface area contributed by atoms with Gasteiger partial charge in [0.25, 0.3) is 5.56 Å². The van der Waals surface area contributed by atoms with Crippen molar-refractivity contribution in [3.05, 3.63) is 28.9 Å². The summed E-state index contributed by atoms with van der Waals surface area (Å²) in [5.74, 6) is -2.05. The number of aromatic nitrogens is 2. The molecule has 1 aromatic heterocycles. The molecule has 0 aromatic carbocycles. The molecule has 2 fully saturated rings. The van der Waals surface area contributed by atoms with Crippen molar-refractivity contribution >= 4 is 33.2 Å². The van der Waals surface area contributed by atoms with Crippen LogP contribution >= 0.6 is 0 Å². The Morgan fingerprint density at radius 3 is 2.26 bits per heavy atom. The zero-order valence-electron chi connectivity index (χ0n) is 27.1. The highest BCUT2D eigenvalue weighted by molar-refractivity contribution is 7.91. The minimum atomic E-state index is -3.51. The van der Waals surface area contributed by atoms with Crippen molar-refractivity contribution < 1.29 is 27.6 Å². The second kappa shape index (κ2) is 19.0. The molecule has 2 saturated carbocycles. The number of sulfone groups is 1. The molecule has 2 aliphatic carbocycles. The maximum absolute atomic E-state index is 13.2. The number of amides is 2. The predicted octanol–water partition coefficient (Wildman–Crippen LogP) is 1.03. The number of Topliss-reactive ketones (excluding diaryl/α,β-unsaturated/α-hetero) is 2. The lowest BCUT2D eigenvalue weighted by molar-refractivity contribution is -0.130. The van der Waals surface area contributed by atoms with E-state index in [0.29, 0.717) is 51.6 Å². The van der Waals surface area contributed by atoms with Gasteiger partial charge in [0.2, 0.25) is 11.8 Å². The van der Waals surface area contributed by atoms with Crippen molar-refractivity contribution in [2.75, 3.05) is 25.1 Å². The molecule has 2 aliphatic rings. The molecule has 2 amide bonds. The molecule has 5 N–H and O–H groups in total. The number of nitrogens with one attached hydrogen (secondary N) is 3. The van der Waals surface area contributed by atoms with Gasteiger partial charge in [0, 0.05) is 30.5 Å². The first-order valence-corrected chi connectivity index (χ1v) is 18.8. The Bertz CT molecular complexity index is 1330. The van der Waals surface area contributed by atoms with Crippen LogP contribution in [-0.2, 0) is 35.6 Å². The topological polar surface area (TPSA) is 199 Å². The average molecular weight is 665 g/mol. The molecular formula is C32H52N6O7S. The van der Waals surface area contributed by atoms with E-state index in [1.54, 1.807) is 0 Å². The zero-order chi connectivity index (χ0) is 33.5. The van der Waals surface area contributed by atoms with Crippen LogP contribution in [0.2, 0.25) is 0 Å². The van der Waals surface area contributed by atoms with Gasteiger partial charge in [-0.2, -0.15) is 0 Å². The second-order valence-electron chi connectivity index (χ2n) is 12.9. The zero-order valence-corrected chi connectivity index (χ0v) is 27.9. The van der Waals surface area contributed by atoms with Crippen LogP contribution in [-0.4, -0.2) is 84.6 Å². The van der Waals surface area contributed by atoms with Crippen molar-refractivity contribution in [2.24, 2.45) is 17.6 Å². The molecule has 46 heavy (non-hydrogen) atoms. The fraction of sp³-hybridized carbons (Fsp3) is 0.750. The summed E-state index contributed by atoms with van der Waals surface area (Å²) >= 11 is 0. The first kappa shape index (κ1) is 37.5. The van der Waals surface area contributed by atoms with Crippen LogP contribution in [0.1, 0.15) is 89.9 Å². The summed E-state index contributed by atoms with van der Waals surface area (Å²) in [7, 11) is -3.51. The van der Waals surface area contributed by atoms with Gasteiger partial charge < -0.3 is 21.7 Å². The molecular weight excluding hydrogens is 612 g/mol. The van der Waals surface area contributed by atoms with Gasteiger partial charge in [0.15, 0.2) is 21.4 Å². The monoisotopic (exact) mass is 664 g/mol. The predicted molar refractivity (Wildman–Crippen MR) is 175 cm³/mol. The molecule has 1 heterocycles. The van der Waals surface area contributed by atoms with Crippen molar-refractivity contribution in [1.82, 2.24) is 25.5 Å². The Balaban J connectivity index is 1.47. The van der Waals surface area contributed by atoms with Crippen LogP contribution in [0.4, 0.5) is 0 Å². The van der Waals surface area contributed by atoms with Crippen LogP contribution in [0, 0.1) is 11.8 Å². The molecule has 2 unspecified atom stereocenters. The number of nitrogens with zero attached hydrogens (tertiary/aromatic N) is 2.